The van der Waals surface area contributed by atoms with Gasteiger partial charge in [0.1, 0.15) is 0 Å². The van der Waals surface area contributed by atoms with Gasteiger partial charge in [0.2, 0.25) is 6.41 Å². The number of hydrogen-bond donors (Lipinski definition) is 0. The van der Waals surface area contributed by atoms with Crippen molar-refractivity contribution in [3.05, 3.63) is 21.9 Å². The largest absolute Gasteiger partial charge is 0.335 e. The number of nitrogens with zero attached hydrogens (tertiary/aromatic N) is 1. The Balaban J connectivity index is 2.36. The van der Waals surface area contributed by atoms with Crippen molar-refractivity contribution in [3.8, 4) is 0 Å². The van der Waals surface area contributed by atoms with Gasteiger partial charge in [0.15, 0.2) is 0 Å². The van der Waals surface area contributed by atoms with E-state index < -0.39 is 0 Å². The lowest BCUT2D eigenvalue weighted by Gasteiger charge is -2.39. The van der Waals surface area contributed by atoms with Crippen LogP contribution in [-0.2, 0) is 17.8 Å². The summed E-state index contributed by atoms with van der Waals surface area (Å²) in [6.45, 7) is 5.00. The van der Waals surface area contributed by atoms with Crippen LogP contribution in [-0.4, -0.2) is 16.8 Å². The van der Waals surface area contributed by atoms with Gasteiger partial charge in [-0.15, -0.1) is 11.3 Å². The van der Waals surface area contributed by atoms with Gasteiger partial charge in [-0.25, -0.2) is 0 Å². The second-order valence-electron chi connectivity index (χ2n) is 4.09. The van der Waals surface area contributed by atoms with E-state index in [0.29, 0.717) is 0 Å². The van der Waals surface area contributed by atoms with Crippen LogP contribution in [0.5, 0.6) is 0 Å². The highest BCUT2D eigenvalue weighted by Crippen LogP contribution is 2.32. The maximum Gasteiger partial charge on any atom is 0.210 e. The summed E-state index contributed by atoms with van der Waals surface area (Å²) < 4.78 is 0. The van der Waals surface area contributed by atoms with E-state index in [9.17, 15) is 4.79 Å². The predicted molar refractivity (Wildman–Crippen MR) is 53.7 cm³/mol. The van der Waals surface area contributed by atoms with Crippen molar-refractivity contribution in [2.75, 3.05) is 0 Å². The summed E-state index contributed by atoms with van der Waals surface area (Å²) in [5.41, 5.74) is 1.30. The molecule has 0 spiro atoms. The number of thiophene rings is 1. The minimum absolute atomic E-state index is 0.0143. The highest BCUT2D eigenvalue weighted by atomic mass is 32.1. The van der Waals surface area contributed by atoms with E-state index in [1.54, 1.807) is 11.3 Å². The topological polar surface area (TPSA) is 20.3 Å². The van der Waals surface area contributed by atoms with Gasteiger partial charge in [0.05, 0.1) is 0 Å². The fourth-order valence-corrected chi connectivity index (χ4v) is 2.85. The highest BCUT2D eigenvalue weighted by molar-refractivity contribution is 7.10. The molecule has 1 aliphatic rings. The van der Waals surface area contributed by atoms with E-state index in [1.807, 2.05) is 4.90 Å². The summed E-state index contributed by atoms with van der Waals surface area (Å²) in [4.78, 5) is 14.1. The molecule has 1 aromatic rings. The number of rotatable bonds is 1. The molecule has 3 heteroatoms. The van der Waals surface area contributed by atoms with Crippen molar-refractivity contribution in [1.29, 1.82) is 0 Å². The Morgan fingerprint density at radius 3 is 3.08 bits per heavy atom. The third-order valence-electron chi connectivity index (χ3n) is 2.68. The quantitative estimate of drug-likeness (QED) is 0.628. The number of fused-ring (bicyclic) bond motifs is 1. The predicted octanol–water partition coefficient (Wildman–Crippen LogP) is 2.04. The van der Waals surface area contributed by atoms with E-state index in [4.69, 9.17) is 0 Å². The van der Waals surface area contributed by atoms with Gasteiger partial charge < -0.3 is 4.90 Å². The first-order valence-electron chi connectivity index (χ1n) is 4.41. The van der Waals surface area contributed by atoms with E-state index in [0.717, 1.165) is 19.4 Å². The van der Waals surface area contributed by atoms with E-state index in [-0.39, 0.29) is 5.54 Å². The van der Waals surface area contributed by atoms with Crippen molar-refractivity contribution < 1.29 is 4.79 Å². The molecule has 2 heterocycles. The van der Waals surface area contributed by atoms with Crippen LogP contribution in [0.3, 0.4) is 0 Å². The Bertz CT molecular complexity index is 329. The molecule has 0 N–H and O–H groups in total. The first-order valence-corrected chi connectivity index (χ1v) is 5.29. The molecule has 0 saturated carbocycles. The van der Waals surface area contributed by atoms with Crippen LogP contribution >= 0.6 is 11.3 Å². The minimum Gasteiger partial charge on any atom is -0.335 e. The molecule has 1 amide bonds. The van der Waals surface area contributed by atoms with Crippen molar-refractivity contribution in [3.63, 3.8) is 0 Å². The number of carbonyl (C=O) groups excluding carboxylic acids is 1. The van der Waals surface area contributed by atoms with Crippen molar-refractivity contribution in [2.45, 2.75) is 32.4 Å². The summed E-state index contributed by atoms with van der Waals surface area (Å²) >= 11 is 1.80. The Morgan fingerprint density at radius 2 is 2.38 bits per heavy atom. The zero-order chi connectivity index (χ0) is 9.47. The van der Waals surface area contributed by atoms with Crippen LogP contribution in [0.4, 0.5) is 0 Å². The summed E-state index contributed by atoms with van der Waals surface area (Å²) in [6, 6.07) is 2.12. The average molecular weight is 195 g/mol. The molecule has 13 heavy (non-hydrogen) atoms. The summed E-state index contributed by atoms with van der Waals surface area (Å²) in [5, 5.41) is 2.11. The summed E-state index contributed by atoms with van der Waals surface area (Å²) in [6.07, 6.45) is 1.94. The first-order chi connectivity index (χ1) is 6.13. The van der Waals surface area contributed by atoms with Gasteiger partial charge in [-0.3, -0.25) is 4.79 Å². The molecule has 1 aromatic heterocycles. The van der Waals surface area contributed by atoms with Crippen LogP contribution in [0.1, 0.15) is 24.3 Å². The van der Waals surface area contributed by atoms with E-state index in [1.165, 1.54) is 10.4 Å². The number of hydrogen-bond acceptors (Lipinski definition) is 2. The van der Waals surface area contributed by atoms with Crippen molar-refractivity contribution >= 4 is 17.7 Å². The molecule has 2 rings (SSSR count). The number of amides is 1. The van der Waals surface area contributed by atoms with Crippen LogP contribution in [0.25, 0.3) is 0 Å². The molecule has 0 bridgehead atoms. The lowest BCUT2D eigenvalue weighted by atomic mass is 9.91. The van der Waals surface area contributed by atoms with Gasteiger partial charge in [-0.2, -0.15) is 0 Å². The minimum atomic E-state index is -0.0143. The van der Waals surface area contributed by atoms with Crippen molar-refractivity contribution in [1.82, 2.24) is 4.90 Å². The van der Waals surface area contributed by atoms with E-state index in [2.05, 4.69) is 25.3 Å². The summed E-state index contributed by atoms with van der Waals surface area (Å²) in [7, 11) is 0. The molecule has 0 radical (unpaired) electrons. The Morgan fingerprint density at radius 1 is 1.62 bits per heavy atom. The fourth-order valence-electron chi connectivity index (χ4n) is 1.73. The van der Waals surface area contributed by atoms with Gasteiger partial charge in [-0.05, 0) is 30.9 Å². The zero-order valence-electron chi connectivity index (χ0n) is 7.91. The molecule has 0 fully saturated rings. The Hall–Kier alpha value is -0.830. The molecule has 0 aliphatic carbocycles. The maximum absolute atomic E-state index is 10.8. The zero-order valence-corrected chi connectivity index (χ0v) is 8.73. The molecule has 70 valence electrons. The second-order valence-corrected chi connectivity index (χ2v) is 5.09. The lowest BCUT2D eigenvalue weighted by molar-refractivity contribution is -0.124. The molecule has 0 atom stereocenters. The van der Waals surface area contributed by atoms with Gasteiger partial charge in [0.25, 0.3) is 0 Å². The number of carbonyl (C=O) groups is 1. The molecule has 1 aliphatic heterocycles. The standard InChI is InChI=1S/C10H13NOS/c1-10(2)5-9-8(3-4-13-9)6-11(10)7-12/h3-4,7H,5-6H2,1-2H3. The van der Waals surface area contributed by atoms with Crippen LogP contribution in [0.15, 0.2) is 11.4 Å². The maximum atomic E-state index is 10.8. The van der Waals surface area contributed by atoms with Crippen LogP contribution in [0.2, 0.25) is 0 Å². The smallest absolute Gasteiger partial charge is 0.210 e. The molecule has 2 nitrogen and oxygen atoms in total. The Labute approximate surface area is 82.2 Å². The fraction of sp³-hybridized carbons (Fsp3) is 0.500. The van der Waals surface area contributed by atoms with Crippen LogP contribution in [0, 0.1) is 0 Å². The molecule has 0 saturated heterocycles. The lowest BCUT2D eigenvalue weighted by Crippen LogP contribution is -2.46. The highest BCUT2D eigenvalue weighted by Gasteiger charge is 2.32. The first kappa shape index (κ1) is 8.75. The Kier molecular flexibility index (Phi) is 1.91. The van der Waals surface area contributed by atoms with Gasteiger partial charge >= 0.3 is 0 Å². The SMILES string of the molecule is CC1(C)Cc2sccc2CN1C=O. The van der Waals surface area contributed by atoms with Crippen molar-refractivity contribution in [2.24, 2.45) is 0 Å². The normalized spacial score (nSPS) is 19.7. The average Bonchev–Trinajstić information content (AvgIpc) is 2.47. The van der Waals surface area contributed by atoms with Crippen LogP contribution < -0.4 is 0 Å². The third-order valence-corrected chi connectivity index (χ3v) is 3.64. The monoisotopic (exact) mass is 195 g/mol. The van der Waals surface area contributed by atoms with Gasteiger partial charge in [0, 0.05) is 23.4 Å². The van der Waals surface area contributed by atoms with Gasteiger partial charge in [-0.1, -0.05) is 0 Å². The van der Waals surface area contributed by atoms with E-state index >= 15 is 0 Å². The molecular formula is C10H13NOS. The molecular weight excluding hydrogens is 182 g/mol. The molecule has 0 aromatic carbocycles. The summed E-state index contributed by atoms with van der Waals surface area (Å²) in [5.74, 6) is 0. The molecule has 0 unspecified atom stereocenters. The second kappa shape index (κ2) is 2.84. The third kappa shape index (κ3) is 1.37.